The highest BCUT2D eigenvalue weighted by molar-refractivity contribution is 6.04. The molecular formula is C27H39N5O. The van der Waals surface area contributed by atoms with Gasteiger partial charge in [-0.2, -0.15) is 0 Å². The van der Waals surface area contributed by atoms with E-state index in [2.05, 4.69) is 61.9 Å². The second-order valence-electron chi connectivity index (χ2n) is 9.69. The number of nitrogens with zero attached hydrogens (tertiary/aromatic N) is 5. The van der Waals surface area contributed by atoms with E-state index >= 15 is 0 Å². The monoisotopic (exact) mass is 449 g/mol. The molecule has 2 fully saturated rings. The first-order valence-electron chi connectivity index (χ1n) is 12.5. The first-order chi connectivity index (χ1) is 16.0. The molecule has 2 saturated heterocycles. The molecule has 0 aliphatic carbocycles. The van der Waals surface area contributed by atoms with Gasteiger partial charge >= 0.3 is 0 Å². The van der Waals surface area contributed by atoms with Gasteiger partial charge in [-0.3, -0.25) is 0 Å². The highest BCUT2D eigenvalue weighted by Gasteiger charge is 2.27. The fraction of sp³-hybridized carbons (Fsp3) is 0.593. The number of aromatic nitrogens is 2. The maximum Gasteiger partial charge on any atom is 0.158 e. The van der Waals surface area contributed by atoms with Gasteiger partial charge in [0, 0.05) is 45.1 Å². The van der Waals surface area contributed by atoms with Crippen molar-refractivity contribution in [2.45, 2.75) is 47.0 Å². The molecule has 4 rings (SSSR count). The standard InChI is InChI=1S/C27H39N5O/c1-6-22(23-11-16-33-18-23)17-25(24-10-8-7-9-19(24)2)30-26-20(3)28-21(4)29-27(26)32-14-12-31(5)13-15-32/h7-10,22-23H,6,11-18H2,1-5H3. The summed E-state index contributed by atoms with van der Waals surface area (Å²) >= 11 is 0. The molecule has 2 aliphatic heterocycles. The normalized spacial score (nSPS) is 20.9. The summed E-state index contributed by atoms with van der Waals surface area (Å²) in [5, 5.41) is 0. The molecular weight excluding hydrogens is 410 g/mol. The molecule has 0 bridgehead atoms. The molecule has 1 aromatic carbocycles. The smallest absolute Gasteiger partial charge is 0.158 e. The number of piperazine rings is 1. The van der Waals surface area contributed by atoms with Gasteiger partial charge in [-0.05, 0) is 63.6 Å². The first kappa shape index (κ1) is 23.8. The highest BCUT2D eigenvalue weighted by atomic mass is 16.5. The van der Waals surface area contributed by atoms with Gasteiger partial charge in [-0.15, -0.1) is 0 Å². The van der Waals surface area contributed by atoms with Gasteiger partial charge in [-0.25, -0.2) is 15.0 Å². The van der Waals surface area contributed by atoms with E-state index in [1.54, 1.807) is 0 Å². The molecule has 2 aliphatic rings. The predicted octanol–water partition coefficient (Wildman–Crippen LogP) is 4.73. The Morgan fingerprint density at radius 2 is 1.88 bits per heavy atom. The van der Waals surface area contributed by atoms with Gasteiger partial charge in [0.2, 0.25) is 0 Å². The molecule has 33 heavy (non-hydrogen) atoms. The average Bonchev–Trinajstić information content (AvgIpc) is 3.33. The van der Waals surface area contributed by atoms with E-state index in [9.17, 15) is 0 Å². The van der Waals surface area contributed by atoms with Crippen LogP contribution in [0.15, 0.2) is 29.3 Å². The van der Waals surface area contributed by atoms with Crippen LogP contribution < -0.4 is 4.90 Å². The van der Waals surface area contributed by atoms with Crippen LogP contribution in [0.5, 0.6) is 0 Å². The van der Waals surface area contributed by atoms with E-state index in [4.69, 9.17) is 19.7 Å². The number of anilines is 1. The van der Waals surface area contributed by atoms with Crippen molar-refractivity contribution in [3.63, 3.8) is 0 Å². The fourth-order valence-corrected chi connectivity index (χ4v) is 5.12. The van der Waals surface area contributed by atoms with Crippen molar-refractivity contribution in [3.8, 4) is 0 Å². The topological polar surface area (TPSA) is 53.9 Å². The molecule has 6 nitrogen and oxygen atoms in total. The van der Waals surface area contributed by atoms with Crippen LogP contribution in [0.4, 0.5) is 11.5 Å². The minimum Gasteiger partial charge on any atom is -0.381 e. The van der Waals surface area contributed by atoms with Gasteiger partial charge in [-0.1, -0.05) is 37.6 Å². The van der Waals surface area contributed by atoms with E-state index < -0.39 is 0 Å². The Morgan fingerprint density at radius 1 is 1.12 bits per heavy atom. The van der Waals surface area contributed by atoms with Gasteiger partial charge in [0.15, 0.2) is 5.82 Å². The van der Waals surface area contributed by atoms with Crippen molar-refractivity contribution < 1.29 is 4.74 Å². The molecule has 178 valence electrons. The number of ether oxygens (including phenoxy) is 1. The zero-order valence-electron chi connectivity index (χ0n) is 21.0. The number of aryl methyl sites for hydroxylation is 3. The molecule has 0 radical (unpaired) electrons. The molecule has 2 atom stereocenters. The highest BCUT2D eigenvalue weighted by Crippen LogP contribution is 2.34. The molecule has 2 unspecified atom stereocenters. The third kappa shape index (κ3) is 5.61. The van der Waals surface area contributed by atoms with Crippen LogP contribution in [0.1, 0.15) is 48.8 Å². The molecule has 0 N–H and O–H groups in total. The molecule has 0 saturated carbocycles. The third-order valence-corrected chi connectivity index (χ3v) is 7.27. The number of likely N-dealkylation sites (N-methyl/N-ethyl adjacent to an activating group) is 1. The van der Waals surface area contributed by atoms with Gasteiger partial charge in [0.05, 0.1) is 5.69 Å². The Labute approximate surface area is 199 Å². The number of benzene rings is 1. The molecule has 3 heterocycles. The summed E-state index contributed by atoms with van der Waals surface area (Å²) in [6.45, 7) is 14.3. The lowest BCUT2D eigenvalue weighted by atomic mass is 9.83. The number of hydrogen-bond acceptors (Lipinski definition) is 6. The van der Waals surface area contributed by atoms with Crippen LogP contribution in [0.3, 0.4) is 0 Å². The Kier molecular flexibility index (Phi) is 7.76. The SMILES string of the molecule is CCC(CC(=Nc1c(C)nc(C)nc1N1CCN(C)CC1)c1ccccc1C)C1CCOC1. The summed E-state index contributed by atoms with van der Waals surface area (Å²) < 4.78 is 5.74. The third-order valence-electron chi connectivity index (χ3n) is 7.27. The van der Waals surface area contributed by atoms with Crippen molar-refractivity contribution in [2.24, 2.45) is 16.8 Å². The molecule has 0 spiro atoms. The Morgan fingerprint density at radius 3 is 2.55 bits per heavy atom. The van der Waals surface area contributed by atoms with Crippen molar-refractivity contribution >= 4 is 17.2 Å². The van der Waals surface area contributed by atoms with Crippen molar-refractivity contribution in [1.82, 2.24) is 14.9 Å². The Bertz CT molecular complexity index is 974. The predicted molar refractivity (Wildman–Crippen MR) is 136 cm³/mol. The molecule has 6 heteroatoms. The average molecular weight is 450 g/mol. The lowest BCUT2D eigenvalue weighted by Gasteiger charge is -2.34. The van der Waals surface area contributed by atoms with Crippen molar-refractivity contribution in [3.05, 3.63) is 46.9 Å². The van der Waals surface area contributed by atoms with Crippen LogP contribution in [-0.4, -0.2) is 67.0 Å². The van der Waals surface area contributed by atoms with Crippen molar-refractivity contribution in [1.29, 1.82) is 0 Å². The fourth-order valence-electron chi connectivity index (χ4n) is 5.12. The second-order valence-corrected chi connectivity index (χ2v) is 9.69. The van der Waals surface area contributed by atoms with Gasteiger partial charge in [0.25, 0.3) is 0 Å². The summed E-state index contributed by atoms with van der Waals surface area (Å²) in [5.41, 5.74) is 5.54. The van der Waals surface area contributed by atoms with Gasteiger partial charge in [0.1, 0.15) is 11.5 Å². The summed E-state index contributed by atoms with van der Waals surface area (Å²) in [4.78, 5) is 19.7. The minimum absolute atomic E-state index is 0.560. The van der Waals surface area contributed by atoms with Crippen LogP contribution >= 0.6 is 0 Å². The summed E-state index contributed by atoms with van der Waals surface area (Å²) in [5.74, 6) is 2.96. The lowest BCUT2D eigenvalue weighted by Crippen LogP contribution is -2.45. The summed E-state index contributed by atoms with van der Waals surface area (Å²) in [7, 11) is 2.18. The van der Waals surface area contributed by atoms with E-state index in [-0.39, 0.29) is 0 Å². The Balaban J connectivity index is 1.77. The van der Waals surface area contributed by atoms with E-state index in [1.807, 2.05) is 6.92 Å². The lowest BCUT2D eigenvalue weighted by molar-refractivity contribution is 0.171. The number of rotatable bonds is 7. The van der Waals surface area contributed by atoms with Crippen LogP contribution in [0.2, 0.25) is 0 Å². The number of hydrogen-bond donors (Lipinski definition) is 0. The van der Waals surface area contributed by atoms with Crippen LogP contribution in [-0.2, 0) is 4.74 Å². The van der Waals surface area contributed by atoms with Crippen molar-refractivity contribution in [2.75, 3.05) is 51.3 Å². The van der Waals surface area contributed by atoms with E-state index in [1.165, 1.54) is 11.1 Å². The van der Waals surface area contributed by atoms with E-state index in [0.29, 0.717) is 11.8 Å². The largest absolute Gasteiger partial charge is 0.381 e. The summed E-state index contributed by atoms with van der Waals surface area (Å²) in [6, 6.07) is 8.63. The van der Waals surface area contributed by atoms with Crippen LogP contribution in [0.25, 0.3) is 0 Å². The van der Waals surface area contributed by atoms with Gasteiger partial charge < -0.3 is 14.5 Å². The first-order valence-corrected chi connectivity index (χ1v) is 12.5. The zero-order chi connectivity index (χ0) is 23.4. The second kappa shape index (κ2) is 10.7. The Hall–Kier alpha value is -2.31. The molecule has 0 amide bonds. The van der Waals surface area contributed by atoms with Crippen LogP contribution in [0, 0.1) is 32.6 Å². The molecule has 2 aromatic rings. The summed E-state index contributed by atoms with van der Waals surface area (Å²) in [6.07, 6.45) is 3.23. The maximum atomic E-state index is 5.74. The quantitative estimate of drug-likeness (QED) is 0.572. The minimum atomic E-state index is 0.560. The zero-order valence-corrected chi connectivity index (χ0v) is 21.0. The van der Waals surface area contributed by atoms with E-state index in [0.717, 1.165) is 87.4 Å². The maximum absolute atomic E-state index is 5.74. The number of aliphatic imine (C=N–C) groups is 1. The molecule has 1 aromatic heterocycles.